The number of hydrogen-bond donors (Lipinski definition) is 1. The zero-order valence-electron chi connectivity index (χ0n) is 13.1. The van der Waals surface area contributed by atoms with Crippen LogP contribution in [-0.4, -0.2) is 36.1 Å². The fourth-order valence-corrected chi connectivity index (χ4v) is 3.11. The Labute approximate surface area is 140 Å². The van der Waals surface area contributed by atoms with Crippen molar-refractivity contribution < 1.29 is 13.9 Å². The maximum Gasteiger partial charge on any atom is 0.289 e. The molecule has 0 bridgehead atoms. The molecule has 1 aromatic heterocycles. The zero-order chi connectivity index (χ0) is 16.6. The van der Waals surface area contributed by atoms with Gasteiger partial charge < -0.3 is 19.8 Å². The van der Waals surface area contributed by atoms with Gasteiger partial charge in [0.2, 0.25) is 0 Å². The number of furan rings is 1. The Morgan fingerprint density at radius 1 is 1.22 bits per heavy atom. The van der Waals surface area contributed by atoms with Crippen LogP contribution in [0.5, 0.6) is 0 Å². The van der Waals surface area contributed by atoms with Crippen molar-refractivity contribution in [3.63, 3.8) is 0 Å². The number of nitrogens with two attached hydrogens (primary N) is 1. The van der Waals surface area contributed by atoms with Crippen LogP contribution in [-0.2, 0) is 4.74 Å². The minimum absolute atomic E-state index is 0.0173. The van der Waals surface area contributed by atoms with Gasteiger partial charge in [-0.3, -0.25) is 4.79 Å². The second-order valence-electron chi connectivity index (χ2n) is 5.87. The molecule has 0 radical (unpaired) electrons. The van der Waals surface area contributed by atoms with Gasteiger partial charge in [-0.15, -0.1) is 0 Å². The molecule has 1 saturated heterocycles. The number of rotatable bonds is 2. The number of carbonyl (C=O) groups excluding carboxylic acids is 1. The van der Waals surface area contributed by atoms with Gasteiger partial charge >= 0.3 is 0 Å². The van der Waals surface area contributed by atoms with E-state index in [0.29, 0.717) is 40.9 Å². The number of nitrogen functional groups attached to an aromatic ring is 1. The van der Waals surface area contributed by atoms with Crippen molar-refractivity contribution in [3.8, 4) is 11.3 Å². The van der Waals surface area contributed by atoms with Crippen LogP contribution in [0.4, 0.5) is 5.69 Å². The third-order valence-electron chi connectivity index (χ3n) is 3.78. The Morgan fingerprint density at radius 3 is 2.57 bits per heavy atom. The molecule has 2 atom stereocenters. The maximum atomic E-state index is 12.6. The predicted molar refractivity (Wildman–Crippen MR) is 89.5 cm³/mol. The molecule has 1 aromatic carbocycles. The van der Waals surface area contributed by atoms with Crippen LogP contribution in [0.15, 0.2) is 34.7 Å². The molecule has 1 amide bonds. The zero-order valence-corrected chi connectivity index (χ0v) is 13.8. The fourth-order valence-electron chi connectivity index (χ4n) is 2.83. The first kappa shape index (κ1) is 15.9. The van der Waals surface area contributed by atoms with Gasteiger partial charge in [0.1, 0.15) is 5.76 Å². The smallest absolute Gasteiger partial charge is 0.289 e. The lowest BCUT2D eigenvalue weighted by molar-refractivity contribution is -0.0592. The molecule has 0 spiro atoms. The van der Waals surface area contributed by atoms with Gasteiger partial charge in [-0.25, -0.2) is 0 Å². The Kier molecular flexibility index (Phi) is 4.33. The third kappa shape index (κ3) is 3.35. The lowest BCUT2D eigenvalue weighted by Crippen LogP contribution is -2.48. The number of benzene rings is 1. The van der Waals surface area contributed by atoms with Crippen LogP contribution >= 0.6 is 11.6 Å². The molecule has 2 unspecified atom stereocenters. The Hall–Kier alpha value is -1.98. The van der Waals surface area contributed by atoms with E-state index in [-0.39, 0.29) is 18.1 Å². The van der Waals surface area contributed by atoms with Crippen LogP contribution in [0.25, 0.3) is 11.3 Å². The van der Waals surface area contributed by atoms with Gasteiger partial charge in [0.15, 0.2) is 5.76 Å². The molecule has 1 aliphatic heterocycles. The fraction of sp³-hybridized carbons (Fsp3) is 0.353. The highest BCUT2D eigenvalue weighted by molar-refractivity contribution is 6.33. The molecule has 5 nitrogen and oxygen atoms in total. The van der Waals surface area contributed by atoms with Crippen molar-refractivity contribution in [1.29, 1.82) is 0 Å². The van der Waals surface area contributed by atoms with Gasteiger partial charge in [-0.1, -0.05) is 11.6 Å². The molecule has 0 saturated carbocycles. The van der Waals surface area contributed by atoms with Crippen LogP contribution in [0.1, 0.15) is 24.4 Å². The summed E-state index contributed by atoms with van der Waals surface area (Å²) < 4.78 is 11.4. The molecule has 2 aromatic rings. The molecule has 1 aliphatic rings. The van der Waals surface area contributed by atoms with Gasteiger partial charge in [0, 0.05) is 24.3 Å². The Morgan fingerprint density at radius 2 is 1.91 bits per heavy atom. The molecule has 3 rings (SSSR count). The van der Waals surface area contributed by atoms with E-state index in [4.69, 9.17) is 26.5 Å². The van der Waals surface area contributed by atoms with Crippen LogP contribution in [0, 0.1) is 0 Å². The molecular weight excluding hydrogens is 316 g/mol. The number of amides is 1. The van der Waals surface area contributed by atoms with Gasteiger partial charge in [0.05, 0.1) is 17.2 Å². The van der Waals surface area contributed by atoms with Gasteiger partial charge in [-0.2, -0.15) is 0 Å². The lowest BCUT2D eigenvalue weighted by Gasteiger charge is -2.34. The summed E-state index contributed by atoms with van der Waals surface area (Å²) in [5.74, 6) is 0.715. The highest BCUT2D eigenvalue weighted by atomic mass is 35.5. The summed E-state index contributed by atoms with van der Waals surface area (Å²) in [7, 11) is 0. The van der Waals surface area contributed by atoms with E-state index in [0.717, 1.165) is 0 Å². The summed E-state index contributed by atoms with van der Waals surface area (Å²) in [6, 6.07) is 8.61. The third-order valence-corrected chi connectivity index (χ3v) is 4.09. The molecule has 2 heterocycles. The maximum absolute atomic E-state index is 12.6. The first-order chi connectivity index (χ1) is 10.9. The SMILES string of the molecule is CC1CN(C(=O)c2ccc(-c3ccc(N)cc3Cl)o2)CC(C)O1. The second-order valence-corrected chi connectivity index (χ2v) is 6.28. The average molecular weight is 335 g/mol. The first-order valence-electron chi connectivity index (χ1n) is 7.54. The van der Waals surface area contributed by atoms with Crippen molar-refractivity contribution in [2.45, 2.75) is 26.1 Å². The Balaban J connectivity index is 1.82. The van der Waals surface area contributed by atoms with E-state index >= 15 is 0 Å². The molecule has 122 valence electrons. The lowest BCUT2D eigenvalue weighted by atomic mass is 10.1. The quantitative estimate of drug-likeness (QED) is 0.854. The van der Waals surface area contributed by atoms with Crippen LogP contribution in [0.2, 0.25) is 5.02 Å². The van der Waals surface area contributed by atoms with E-state index in [2.05, 4.69) is 0 Å². The minimum atomic E-state index is -0.134. The highest BCUT2D eigenvalue weighted by Crippen LogP contribution is 2.31. The summed E-state index contributed by atoms with van der Waals surface area (Å²) in [6.45, 7) is 5.03. The summed E-state index contributed by atoms with van der Waals surface area (Å²) in [6.07, 6.45) is 0.0346. The van der Waals surface area contributed by atoms with E-state index < -0.39 is 0 Å². The van der Waals surface area contributed by atoms with Gasteiger partial charge in [0.25, 0.3) is 5.91 Å². The number of morpholine rings is 1. The minimum Gasteiger partial charge on any atom is -0.451 e. The van der Waals surface area contributed by atoms with Crippen molar-refractivity contribution in [2.75, 3.05) is 18.8 Å². The highest BCUT2D eigenvalue weighted by Gasteiger charge is 2.28. The van der Waals surface area contributed by atoms with E-state index in [9.17, 15) is 4.79 Å². The standard InChI is InChI=1S/C17H19ClN2O3/c1-10-8-20(9-11(2)22-10)17(21)16-6-5-15(23-16)13-4-3-12(19)7-14(13)18/h3-7,10-11H,8-9,19H2,1-2H3. The van der Waals surface area contributed by atoms with Crippen molar-refractivity contribution in [1.82, 2.24) is 4.90 Å². The topological polar surface area (TPSA) is 68.7 Å². The van der Waals surface area contributed by atoms with Crippen LogP contribution in [0.3, 0.4) is 0 Å². The predicted octanol–water partition coefficient (Wildman–Crippen LogP) is 3.43. The summed E-state index contributed by atoms with van der Waals surface area (Å²) in [5.41, 5.74) is 6.99. The van der Waals surface area contributed by atoms with E-state index in [1.165, 1.54) is 0 Å². The normalized spacial score (nSPS) is 21.4. The van der Waals surface area contributed by atoms with Crippen molar-refractivity contribution in [3.05, 3.63) is 41.1 Å². The number of ether oxygens (including phenoxy) is 1. The van der Waals surface area contributed by atoms with E-state index in [1.807, 2.05) is 13.8 Å². The number of nitrogens with zero attached hydrogens (tertiary/aromatic N) is 1. The molecular formula is C17H19ClN2O3. The number of hydrogen-bond acceptors (Lipinski definition) is 4. The van der Waals surface area contributed by atoms with Crippen molar-refractivity contribution in [2.24, 2.45) is 0 Å². The number of anilines is 1. The average Bonchev–Trinajstić information content (AvgIpc) is 2.95. The van der Waals surface area contributed by atoms with Crippen molar-refractivity contribution >= 4 is 23.2 Å². The van der Waals surface area contributed by atoms with Crippen LogP contribution < -0.4 is 5.73 Å². The Bertz CT molecular complexity index is 718. The number of carbonyl (C=O) groups is 1. The first-order valence-corrected chi connectivity index (χ1v) is 7.92. The monoisotopic (exact) mass is 334 g/mol. The summed E-state index contributed by atoms with van der Waals surface area (Å²) in [5, 5.41) is 0.493. The molecule has 0 aliphatic carbocycles. The number of halogens is 1. The molecule has 2 N–H and O–H groups in total. The molecule has 23 heavy (non-hydrogen) atoms. The molecule has 6 heteroatoms. The van der Waals surface area contributed by atoms with Gasteiger partial charge in [-0.05, 0) is 44.2 Å². The summed E-state index contributed by atoms with van der Waals surface area (Å²) >= 11 is 6.19. The largest absolute Gasteiger partial charge is 0.451 e. The molecule has 1 fully saturated rings. The summed E-state index contributed by atoms with van der Waals surface area (Å²) in [4.78, 5) is 14.4. The van der Waals surface area contributed by atoms with E-state index in [1.54, 1.807) is 35.2 Å². The second kappa shape index (κ2) is 6.26.